The summed E-state index contributed by atoms with van der Waals surface area (Å²) in [4.78, 5) is 20.9. The highest BCUT2D eigenvalue weighted by Crippen LogP contribution is 2.34. The van der Waals surface area contributed by atoms with Gasteiger partial charge in [-0.3, -0.25) is 4.79 Å². The van der Waals surface area contributed by atoms with Crippen LogP contribution in [-0.2, 0) is 0 Å². The molecule has 0 radical (unpaired) electrons. The van der Waals surface area contributed by atoms with E-state index in [-0.39, 0.29) is 21.3 Å². The minimum atomic E-state index is -0.693. The summed E-state index contributed by atoms with van der Waals surface area (Å²) in [5, 5.41) is 1.92. The number of halogens is 3. The van der Waals surface area contributed by atoms with Crippen LogP contribution in [0.25, 0.3) is 0 Å². The molecule has 1 aromatic rings. The Kier molecular flexibility index (Phi) is 3.25. The monoisotopic (exact) mass is 237 g/mol. The minimum Gasteiger partial charge on any atom is -0.276 e. The van der Waals surface area contributed by atoms with Gasteiger partial charge in [0.2, 0.25) is 0 Å². The van der Waals surface area contributed by atoms with Gasteiger partial charge in [0, 0.05) is 5.56 Å². The van der Waals surface area contributed by atoms with E-state index in [1.165, 1.54) is 12.1 Å². The van der Waals surface area contributed by atoms with Crippen molar-refractivity contribution in [3.05, 3.63) is 32.6 Å². The first-order valence-corrected chi connectivity index (χ1v) is 4.22. The van der Waals surface area contributed by atoms with Gasteiger partial charge in [0.15, 0.2) is 0 Å². The predicted octanol–water partition coefficient (Wildman–Crippen LogP) is 3.77. The molecule has 0 N–H and O–H groups in total. The van der Waals surface area contributed by atoms with Gasteiger partial charge in [-0.05, 0) is 28.9 Å². The molecule has 0 saturated carbocycles. The SMILES string of the molecule is O=Nc1c(Cl)cc(C(=O)Cl)cc1Cl. The molecule has 0 aliphatic carbocycles. The smallest absolute Gasteiger partial charge is 0.252 e. The Balaban J connectivity index is 3.36. The van der Waals surface area contributed by atoms with Crippen molar-refractivity contribution in [3.63, 3.8) is 0 Å². The third-order valence-electron chi connectivity index (χ3n) is 1.34. The van der Waals surface area contributed by atoms with Gasteiger partial charge in [-0.2, -0.15) is 0 Å². The molecule has 0 aliphatic rings. The summed E-state index contributed by atoms with van der Waals surface area (Å²) in [6, 6.07) is 2.47. The Hall–Kier alpha value is -0.640. The summed E-state index contributed by atoms with van der Waals surface area (Å²) < 4.78 is 0. The number of carbonyl (C=O) groups excluding carboxylic acids is 1. The Labute approximate surface area is 88.6 Å². The van der Waals surface area contributed by atoms with E-state index in [4.69, 9.17) is 34.8 Å². The molecule has 0 atom stereocenters. The molecular formula is C7H2Cl3NO2. The molecule has 0 aliphatic heterocycles. The lowest BCUT2D eigenvalue weighted by Gasteiger charge is -1.99. The average molecular weight is 238 g/mol. The van der Waals surface area contributed by atoms with Gasteiger partial charge in [-0.1, -0.05) is 23.2 Å². The first-order valence-electron chi connectivity index (χ1n) is 3.08. The van der Waals surface area contributed by atoms with Crippen LogP contribution in [0.3, 0.4) is 0 Å². The zero-order valence-corrected chi connectivity index (χ0v) is 8.32. The topological polar surface area (TPSA) is 46.5 Å². The van der Waals surface area contributed by atoms with Crippen LogP contribution >= 0.6 is 34.8 Å². The lowest BCUT2D eigenvalue weighted by Crippen LogP contribution is -1.88. The highest BCUT2D eigenvalue weighted by Gasteiger charge is 2.11. The van der Waals surface area contributed by atoms with Crippen molar-refractivity contribution in [2.75, 3.05) is 0 Å². The van der Waals surface area contributed by atoms with E-state index in [1.54, 1.807) is 0 Å². The highest BCUT2D eigenvalue weighted by atomic mass is 35.5. The Bertz CT molecular complexity index is 355. The van der Waals surface area contributed by atoms with Crippen molar-refractivity contribution in [1.29, 1.82) is 0 Å². The van der Waals surface area contributed by atoms with Crippen molar-refractivity contribution in [1.82, 2.24) is 0 Å². The Morgan fingerprint density at radius 3 is 2.00 bits per heavy atom. The van der Waals surface area contributed by atoms with Crippen LogP contribution in [0.2, 0.25) is 10.0 Å². The summed E-state index contributed by atoms with van der Waals surface area (Å²) in [7, 11) is 0. The van der Waals surface area contributed by atoms with Gasteiger partial charge in [0.1, 0.15) is 5.69 Å². The maximum absolute atomic E-state index is 10.7. The van der Waals surface area contributed by atoms with E-state index in [9.17, 15) is 9.70 Å². The van der Waals surface area contributed by atoms with Gasteiger partial charge < -0.3 is 0 Å². The molecule has 0 heterocycles. The molecular weight excluding hydrogens is 236 g/mol. The zero-order chi connectivity index (χ0) is 10.0. The maximum Gasteiger partial charge on any atom is 0.252 e. The molecule has 0 saturated heterocycles. The average Bonchev–Trinajstić information content (AvgIpc) is 2.03. The van der Waals surface area contributed by atoms with Crippen molar-refractivity contribution >= 4 is 45.7 Å². The van der Waals surface area contributed by atoms with Gasteiger partial charge >= 0.3 is 0 Å². The number of benzene rings is 1. The molecule has 0 aromatic heterocycles. The van der Waals surface area contributed by atoms with Crippen LogP contribution in [0.4, 0.5) is 5.69 Å². The van der Waals surface area contributed by atoms with Crippen LogP contribution in [0.15, 0.2) is 17.3 Å². The van der Waals surface area contributed by atoms with Gasteiger partial charge in [0.05, 0.1) is 10.0 Å². The molecule has 0 spiro atoms. The summed E-state index contributed by atoms with van der Waals surface area (Å²) in [6.07, 6.45) is 0. The number of hydrogen-bond donors (Lipinski definition) is 0. The highest BCUT2D eigenvalue weighted by molar-refractivity contribution is 6.68. The quantitative estimate of drug-likeness (QED) is 0.581. The first-order chi connectivity index (χ1) is 6.06. The van der Waals surface area contributed by atoms with E-state index in [0.717, 1.165) is 0 Å². The van der Waals surface area contributed by atoms with E-state index in [0.29, 0.717) is 0 Å². The van der Waals surface area contributed by atoms with Crippen molar-refractivity contribution in [2.45, 2.75) is 0 Å². The summed E-state index contributed by atoms with van der Waals surface area (Å²) in [5.74, 6) is 0. The standard InChI is InChI=1S/C7H2Cl3NO2/c8-4-1-3(7(10)12)2-5(9)6(4)11-13/h1-2H. The number of hydrogen-bond acceptors (Lipinski definition) is 3. The third-order valence-corrected chi connectivity index (χ3v) is 2.13. The predicted molar refractivity (Wildman–Crippen MR) is 52.1 cm³/mol. The molecule has 1 aromatic carbocycles. The number of nitroso groups, excluding NO2 is 1. The molecule has 0 amide bonds. The largest absolute Gasteiger partial charge is 0.276 e. The molecule has 0 fully saturated rings. The van der Waals surface area contributed by atoms with Crippen molar-refractivity contribution in [3.8, 4) is 0 Å². The first kappa shape index (κ1) is 10.4. The fourth-order valence-corrected chi connectivity index (χ4v) is 1.43. The number of rotatable bonds is 2. The summed E-state index contributed by atoms with van der Waals surface area (Å²) in [5.41, 5.74) is 0.0362. The molecule has 3 nitrogen and oxygen atoms in total. The van der Waals surface area contributed by atoms with Crippen molar-refractivity contribution < 1.29 is 4.79 Å². The number of carbonyl (C=O) groups is 1. The normalized spacial score (nSPS) is 9.77. The molecule has 68 valence electrons. The van der Waals surface area contributed by atoms with Crippen LogP contribution in [-0.4, -0.2) is 5.24 Å². The van der Waals surface area contributed by atoms with E-state index >= 15 is 0 Å². The molecule has 1 rings (SSSR count). The molecule has 6 heteroatoms. The van der Waals surface area contributed by atoms with Crippen LogP contribution in [0, 0.1) is 4.91 Å². The molecule has 0 bridgehead atoms. The lowest BCUT2D eigenvalue weighted by atomic mass is 10.2. The lowest BCUT2D eigenvalue weighted by molar-refractivity contribution is 0.108. The van der Waals surface area contributed by atoms with E-state index in [2.05, 4.69) is 5.18 Å². The van der Waals surface area contributed by atoms with Crippen molar-refractivity contribution in [2.24, 2.45) is 5.18 Å². The minimum absolute atomic E-state index is 0.00602. The second-order valence-corrected chi connectivity index (χ2v) is 3.31. The second kappa shape index (κ2) is 4.05. The van der Waals surface area contributed by atoms with E-state index < -0.39 is 5.24 Å². The van der Waals surface area contributed by atoms with Gasteiger partial charge in [-0.15, -0.1) is 4.91 Å². The fraction of sp³-hybridized carbons (Fsp3) is 0. The Morgan fingerprint density at radius 1 is 1.23 bits per heavy atom. The molecule has 13 heavy (non-hydrogen) atoms. The van der Waals surface area contributed by atoms with Crippen LogP contribution in [0.5, 0.6) is 0 Å². The van der Waals surface area contributed by atoms with Gasteiger partial charge in [-0.25, -0.2) is 0 Å². The maximum atomic E-state index is 10.7. The third kappa shape index (κ3) is 2.18. The summed E-state index contributed by atoms with van der Waals surface area (Å²) in [6.45, 7) is 0. The zero-order valence-electron chi connectivity index (χ0n) is 6.05. The summed E-state index contributed by atoms with van der Waals surface area (Å²) >= 11 is 16.4. The van der Waals surface area contributed by atoms with Crippen LogP contribution in [0.1, 0.15) is 10.4 Å². The fourth-order valence-electron chi connectivity index (χ4n) is 0.766. The van der Waals surface area contributed by atoms with Gasteiger partial charge in [0.25, 0.3) is 5.24 Å². The number of nitrogens with zero attached hydrogens (tertiary/aromatic N) is 1. The van der Waals surface area contributed by atoms with Crippen LogP contribution < -0.4 is 0 Å². The van der Waals surface area contributed by atoms with E-state index in [1.807, 2.05) is 0 Å². The Morgan fingerprint density at radius 2 is 1.69 bits per heavy atom. The second-order valence-electron chi connectivity index (χ2n) is 2.15. The molecule has 0 unspecified atom stereocenters.